The number of hydrogen-bond acceptors (Lipinski definition) is 3. The van der Waals surface area contributed by atoms with Crippen LogP contribution in [-0.2, 0) is 4.79 Å². The predicted molar refractivity (Wildman–Crippen MR) is 82.3 cm³/mol. The van der Waals surface area contributed by atoms with Crippen LogP contribution in [0.25, 0.3) is 0 Å². The molecule has 1 N–H and O–H groups in total. The zero-order chi connectivity index (χ0) is 14.5. The normalized spacial score (nSPS) is 11.9. The Morgan fingerprint density at radius 1 is 1.35 bits per heavy atom. The molecule has 0 bridgehead atoms. The number of benzene rings is 1. The first kappa shape index (κ1) is 14.6. The summed E-state index contributed by atoms with van der Waals surface area (Å²) >= 11 is 1.64. The van der Waals surface area contributed by atoms with E-state index < -0.39 is 0 Å². The summed E-state index contributed by atoms with van der Waals surface area (Å²) in [5.74, 6) is 0.663. The summed E-state index contributed by atoms with van der Waals surface area (Å²) < 4.78 is 5.59. The van der Waals surface area contributed by atoms with E-state index in [0.717, 1.165) is 21.8 Å². The van der Waals surface area contributed by atoms with E-state index in [1.54, 1.807) is 11.3 Å². The highest BCUT2D eigenvalue weighted by atomic mass is 32.1. The molecule has 2 aromatic rings. The van der Waals surface area contributed by atoms with Crippen LogP contribution < -0.4 is 10.1 Å². The fraction of sp³-hybridized carbons (Fsp3) is 0.312. The third kappa shape index (κ3) is 3.84. The fourth-order valence-electron chi connectivity index (χ4n) is 1.90. The molecule has 0 saturated carbocycles. The first-order valence-corrected chi connectivity index (χ1v) is 7.47. The molecule has 106 valence electrons. The lowest BCUT2D eigenvalue weighted by Crippen LogP contribution is -2.31. The van der Waals surface area contributed by atoms with E-state index >= 15 is 0 Å². The van der Waals surface area contributed by atoms with E-state index in [1.165, 1.54) is 0 Å². The molecule has 1 atom stereocenters. The van der Waals surface area contributed by atoms with Gasteiger partial charge in [-0.2, -0.15) is 0 Å². The van der Waals surface area contributed by atoms with Crippen LogP contribution in [0.1, 0.15) is 29.0 Å². The number of nitrogens with one attached hydrogen (secondary N) is 1. The number of carbonyl (C=O) groups is 1. The van der Waals surface area contributed by atoms with Gasteiger partial charge in [-0.3, -0.25) is 4.79 Å². The summed E-state index contributed by atoms with van der Waals surface area (Å²) in [6.07, 6.45) is 0. The molecule has 0 aliphatic rings. The average Bonchev–Trinajstić information content (AvgIpc) is 2.94. The van der Waals surface area contributed by atoms with E-state index in [1.807, 2.05) is 56.5 Å². The molecule has 0 fully saturated rings. The molecule has 1 aromatic carbocycles. The van der Waals surface area contributed by atoms with Gasteiger partial charge in [0.1, 0.15) is 5.75 Å². The van der Waals surface area contributed by atoms with Crippen LogP contribution in [0.15, 0.2) is 35.7 Å². The number of amides is 1. The van der Waals surface area contributed by atoms with Gasteiger partial charge in [0.25, 0.3) is 5.91 Å². The maximum atomic E-state index is 11.9. The van der Waals surface area contributed by atoms with Crippen LogP contribution in [0.5, 0.6) is 5.75 Å². The topological polar surface area (TPSA) is 38.3 Å². The smallest absolute Gasteiger partial charge is 0.258 e. The predicted octanol–water partition coefficient (Wildman–Crippen LogP) is 3.62. The highest BCUT2D eigenvalue weighted by molar-refractivity contribution is 7.10. The van der Waals surface area contributed by atoms with Crippen LogP contribution in [0, 0.1) is 13.8 Å². The third-order valence-corrected chi connectivity index (χ3v) is 4.10. The lowest BCUT2D eigenvalue weighted by Gasteiger charge is -2.14. The summed E-state index contributed by atoms with van der Waals surface area (Å²) in [6.45, 7) is 5.99. The quantitative estimate of drug-likeness (QED) is 0.913. The Bertz CT molecular complexity index is 578. The van der Waals surface area contributed by atoms with Crippen molar-refractivity contribution in [1.29, 1.82) is 0 Å². The van der Waals surface area contributed by atoms with Gasteiger partial charge in [-0.25, -0.2) is 0 Å². The highest BCUT2D eigenvalue weighted by Gasteiger charge is 2.11. The van der Waals surface area contributed by atoms with E-state index in [0.29, 0.717) is 0 Å². The molecule has 2 rings (SSSR count). The monoisotopic (exact) mass is 289 g/mol. The van der Waals surface area contributed by atoms with E-state index in [9.17, 15) is 4.79 Å². The molecular formula is C16H19NO2S. The van der Waals surface area contributed by atoms with Gasteiger partial charge in [0.15, 0.2) is 6.61 Å². The van der Waals surface area contributed by atoms with E-state index in [-0.39, 0.29) is 18.6 Å². The summed E-state index contributed by atoms with van der Waals surface area (Å²) in [5.41, 5.74) is 2.16. The van der Waals surface area contributed by atoms with Crippen molar-refractivity contribution >= 4 is 17.2 Å². The second kappa shape index (κ2) is 6.57. The lowest BCUT2D eigenvalue weighted by molar-refractivity contribution is -0.123. The van der Waals surface area contributed by atoms with Crippen molar-refractivity contribution in [1.82, 2.24) is 5.32 Å². The van der Waals surface area contributed by atoms with Crippen molar-refractivity contribution in [3.8, 4) is 5.75 Å². The molecule has 3 nitrogen and oxygen atoms in total. The minimum atomic E-state index is -0.105. The van der Waals surface area contributed by atoms with Crippen LogP contribution in [0.3, 0.4) is 0 Å². The molecule has 0 aliphatic carbocycles. The summed E-state index contributed by atoms with van der Waals surface area (Å²) in [7, 11) is 0. The Morgan fingerprint density at radius 2 is 2.15 bits per heavy atom. The fourth-order valence-corrected chi connectivity index (χ4v) is 2.63. The molecule has 0 radical (unpaired) electrons. The molecule has 4 heteroatoms. The maximum Gasteiger partial charge on any atom is 0.258 e. The van der Waals surface area contributed by atoms with Crippen molar-refractivity contribution in [2.45, 2.75) is 26.8 Å². The Hall–Kier alpha value is -1.81. The van der Waals surface area contributed by atoms with Crippen molar-refractivity contribution in [3.05, 3.63) is 51.7 Å². The first-order chi connectivity index (χ1) is 9.56. The minimum absolute atomic E-state index is 0.0182. The summed E-state index contributed by atoms with van der Waals surface area (Å²) in [4.78, 5) is 13.0. The molecule has 0 spiro atoms. The van der Waals surface area contributed by atoms with Gasteiger partial charge in [0, 0.05) is 4.88 Å². The van der Waals surface area contributed by atoms with E-state index in [2.05, 4.69) is 5.32 Å². The summed E-state index contributed by atoms with van der Waals surface area (Å²) in [5, 5.41) is 4.94. The summed E-state index contributed by atoms with van der Waals surface area (Å²) in [6, 6.07) is 9.99. The maximum absolute atomic E-state index is 11.9. The molecule has 1 aromatic heterocycles. The van der Waals surface area contributed by atoms with Crippen LogP contribution in [0.4, 0.5) is 0 Å². The van der Waals surface area contributed by atoms with Gasteiger partial charge >= 0.3 is 0 Å². The molecule has 1 amide bonds. The highest BCUT2D eigenvalue weighted by Crippen LogP contribution is 2.20. The van der Waals surface area contributed by atoms with Gasteiger partial charge < -0.3 is 10.1 Å². The number of hydrogen-bond donors (Lipinski definition) is 1. The molecular weight excluding hydrogens is 270 g/mol. The van der Waals surface area contributed by atoms with Crippen molar-refractivity contribution in [2.75, 3.05) is 6.61 Å². The third-order valence-electron chi connectivity index (χ3n) is 3.05. The minimum Gasteiger partial charge on any atom is -0.483 e. The Morgan fingerprint density at radius 3 is 2.85 bits per heavy atom. The molecule has 20 heavy (non-hydrogen) atoms. The molecule has 0 aliphatic heterocycles. The first-order valence-electron chi connectivity index (χ1n) is 6.59. The lowest BCUT2D eigenvalue weighted by atomic mass is 10.1. The standard InChI is InChI=1S/C16H19NO2S/c1-11-6-7-12(2)14(9-11)19-10-16(18)17-13(3)15-5-4-8-20-15/h4-9,13H,10H2,1-3H3,(H,17,18). The molecule has 0 saturated heterocycles. The van der Waals surface area contributed by atoms with E-state index in [4.69, 9.17) is 4.74 Å². The zero-order valence-electron chi connectivity index (χ0n) is 12.0. The molecule has 1 heterocycles. The van der Waals surface area contributed by atoms with Gasteiger partial charge in [0.2, 0.25) is 0 Å². The van der Waals surface area contributed by atoms with Gasteiger partial charge in [0.05, 0.1) is 6.04 Å². The zero-order valence-corrected chi connectivity index (χ0v) is 12.8. The van der Waals surface area contributed by atoms with Crippen LogP contribution in [0.2, 0.25) is 0 Å². The second-order valence-electron chi connectivity index (χ2n) is 4.86. The van der Waals surface area contributed by atoms with Crippen molar-refractivity contribution in [3.63, 3.8) is 0 Å². The van der Waals surface area contributed by atoms with Gasteiger partial charge in [-0.05, 0) is 49.4 Å². The number of ether oxygens (including phenoxy) is 1. The van der Waals surface area contributed by atoms with Crippen LogP contribution >= 0.6 is 11.3 Å². The van der Waals surface area contributed by atoms with Gasteiger partial charge in [-0.1, -0.05) is 18.2 Å². The Balaban J connectivity index is 1.87. The molecule has 1 unspecified atom stereocenters. The number of aryl methyl sites for hydroxylation is 2. The largest absolute Gasteiger partial charge is 0.483 e. The second-order valence-corrected chi connectivity index (χ2v) is 5.84. The Labute approximate surface area is 123 Å². The van der Waals surface area contributed by atoms with Gasteiger partial charge in [-0.15, -0.1) is 11.3 Å². The van der Waals surface area contributed by atoms with Crippen molar-refractivity contribution in [2.24, 2.45) is 0 Å². The average molecular weight is 289 g/mol. The Kier molecular flexibility index (Phi) is 4.79. The van der Waals surface area contributed by atoms with Crippen LogP contribution in [-0.4, -0.2) is 12.5 Å². The number of thiophene rings is 1. The SMILES string of the molecule is Cc1ccc(C)c(OCC(=O)NC(C)c2cccs2)c1. The van der Waals surface area contributed by atoms with Crippen molar-refractivity contribution < 1.29 is 9.53 Å². The number of rotatable bonds is 5. The number of carbonyl (C=O) groups excluding carboxylic acids is 1.